The van der Waals surface area contributed by atoms with Crippen molar-refractivity contribution in [3.05, 3.63) is 95.1 Å². The predicted octanol–water partition coefficient (Wildman–Crippen LogP) is 4.44. The summed E-state index contributed by atoms with van der Waals surface area (Å²) in [6.07, 6.45) is 0.750. The van der Waals surface area contributed by atoms with Crippen molar-refractivity contribution in [3.8, 4) is 11.5 Å². The maximum Gasteiger partial charge on any atom is 0.337 e. The van der Waals surface area contributed by atoms with Crippen LogP contribution in [-0.2, 0) is 18.0 Å². The number of methoxy groups -OCH3 is 1. The van der Waals surface area contributed by atoms with Crippen LogP contribution in [0.5, 0.6) is 11.5 Å². The fourth-order valence-corrected chi connectivity index (χ4v) is 2.64. The van der Waals surface area contributed by atoms with Gasteiger partial charge in [0.05, 0.1) is 12.7 Å². The van der Waals surface area contributed by atoms with Crippen LogP contribution in [0.4, 0.5) is 0 Å². The molecule has 0 aromatic heterocycles. The Kier molecular flexibility index (Phi) is 6.41. The molecule has 0 saturated heterocycles. The van der Waals surface area contributed by atoms with Gasteiger partial charge in [-0.2, -0.15) is 0 Å². The maximum atomic E-state index is 11.6. The molecule has 0 atom stereocenters. The van der Waals surface area contributed by atoms with Crippen molar-refractivity contribution in [1.29, 1.82) is 0 Å². The van der Waals surface area contributed by atoms with Gasteiger partial charge in [-0.05, 0) is 35.4 Å². The second-order valence-corrected chi connectivity index (χ2v) is 6.11. The van der Waals surface area contributed by atoms with Crippen molar-refractivity contribution in [1.82, 2.24) is 0 Å². The van der Waals surface area contributed by atoms with Crippen molar-refractivity contribution in [2.45, 2.75) is 13.2 Å². The molecule has 0 aliphatic heterocycles. The first-order valence-corrected chi connectivity index (χ1v) is 8.75. The Morgan fingerprint density at radius 1 is 0.821 bits per heavy atom. The van der Waals surface area contributed by atoms with E-state index in [0.717, 1.165) is 17.4 Å². The number of benzene rings is 3. The number of carbonyl (C=O) groups excluding carboxylic acids is 2. The fourth-order valence-electron chi connectivity index (χ4n) is 2.64. The fraction of sp³-hybridized carbons (Fsp3) is 0.130. The first-order chi connectivity index (χ1) is 13.7. The third-order valence-electron chi connectivity index (χ3n) is 4.04. The Balaban J connectivity index is 1.69. The highest BCUT2D eigenvalue weighted by Gasteiger charge is 2.07. The summed E-state index contributed by atoms with van der Waals surface area (Å²) in [5.74, 6) is 0.657. The summed E-state index contributed by atoms with van der Waals surface area (Å²) >= 11 is 0. The summed E-state index contributed by atoms with van der Waals surface area (Å²) in [4.78, 5) is 22.9. The molecule has 0 heterocycles. The molecule has 0 bridgehead atoms. The second kappa shape index (κ2) is 9.37. The molecule has 0 N–H and O–H groups in total. The Morgan fingerprint density at radius 3 is 2.11 bits per heavy atom. The van der Waals surface area contributed by atoms with Gasteiger partial charge in [0.1, 0.15) is 31.0 Å². The Labute approximate surface area is 163 Å². The van der Waals surface area contributed by atoms with Gasteiger partial charge in [0.15, 0.2) is 0 Å². The van der Waals surface area contributed by atoms with Crippen LogP contribution in [-0.4, -0.2) is 19.4 Å². The van der Waals surface area contributed by atoms with E-state index in [-0.39, 0.29) is 6.61 Å². The molecule has 0 fully saturated rings. The molecule has 0 aliphatic carbocycles. The van der Waals surface area contributed by atoms with Gasteiger partial charge in [0.2, 0.25) is 0 Å². The highest BCUT2D eigenvalue weighted by molar-refractivity contribution is 5.89. The molecule has 0 radical (unpaired) electrons. The molecule has 3 aromatic carbocycles. The zero-order chi connectivity index (χ0) is 19.8. The summed E-state index contributed by atoms with van der Waals surface area (Å²) in [6.45, 7) is 0.634. The van der Waals surface area contributed by atoms with Crippen LogP contribution in [0.25, 0.3) is 0 Å². The molecule has 5 heteroatoms. The summed E-state index contributed by atoms with van der Waals surface area (Å²) in [6, 6.07) is 21.8. The van der Waals surface area contributed by atoms with Crippen LogP contribution >= 0.6 is 0 Å². The predicted molar refractivity (Wildman–Crippen MR) is 105 cm³/mol. The van der Waals surface area contributed by atoms with Crippen LogP contribution in [0.1, 0.15) is 31.8 Å². The van der Waals surface area contributed by atoms with Crippen molar-refractivity contribution in [2.75, 3.05) is 7.11 Å². The van der Waals surface area contributed by atoms with Crippen molar-refractivity contribution < 1.29 is 23.8 Å². The van der Waals surface area contributed by atoms with Gasteiger partial charge in [-0.25, -0.2) is 4.79 Å². The molecule has 0 aliphatic rings. The van der Waals surface area contributed by atoms with Gasteiger partial charge in [-0.15, -0.1) is 0 Å². The second-order valence-electron chi connectivity index (χ2n) is 6.11. The molecule has 0 amide bonds. The van der Waals surface area contributed by atoms with Crippen LogP contribution in [0, 0.1) is 0 Å². The van der Waals surface area contributed by atoms with Gasteiger partial charge >= 0.3 is 5.97 Å². The highest BCUT2D eigenvalue weighted by atomic mass is 16.5. The molecule has 142 valence electrons. The summed E-state index contributed by atoms with van der Waals surface area (Å²) < 4.78 is 16.3. The summed E-state index contributed by atoms with van der Waals surface area (Å²) in [5, 5.41) is 0. The molecule has 0 spiro atoms. The quantitative estimate of drug-likeness (QED) is 0.429. The van der Waals surface area contributed by atoms with E-state index >= 15 is 0 Å². The zero-order valence-corrected chi connectivity index (χ0v) is 15.5. The Bertz CT molecular complexity index is 950. The minimum atomic E-state index is -0.401. The number of aldehydes is 1. The van der Waals surface area contributed by atoms with Crippen LogP contribution < -0.4 is 9.47 Å². The summed E-state index contributed by atoms with van der Waals surface area (Å²) in [7, 11) is 1.34. The Hall–Kier alpha value is -3.60. The highest BCUT2D eigenvalue weighted by Crippen LogP contribution is 2.24. The Morgan fingerprint density at radius 2 is 1.46 bits per heavy atom. The van der Waals surface area contributed by atoms with Gasteiger partial charge in [-0.1, -0.05) is 42.5 Å². The third kappa shape index (κ3) is 5.20. The first kappa shape index (κ1) is 19.2. The molecule has 5 nitrogen and oxygen atoms in total. The number of hydrogen-bond donors (Lipinski definition) is 0. The molecule has 0 unspecified atom stereocenters. The zero-order valence-electron chi connectivity index (χ0n) is 15.5. The normalized spacial score (nSPS) is 10.2. The molecule has 3 aromatic rings. The van der Waals surface area contributed by atoms with Gasteiger partial charge in [0, 0.05) is 11.6 Å². The maximum absolute atomic E-state index is 11.6. The SMILES string of the molecule is COC(=O)c1cccc(COc2cc(C=O)cc(OCc3ccccc3)c2)c1. The van der Waals surface area contributed by atoms with E-state index in [1.54, 1.807) is 36.4 Å². The van der Waals surface area contributed by atoms with E-state index in [2.05, 4.69) is 0 Å². The minimum absolute atomic E-state index is 0.241. The van der Waals surface area contributed by atoms with Crippen LogP contribution in [0.3, 0.4) is 0 Å². The van der Waals surface area contributed by atoms with E-state index in [9.17, 15) is 9.59 Å². The lowest BCUT2D eigenvalue weighted by Gasteiger charge is -2.11. The van der Waals surface area contributed by atoms with Crippen LogP contribution in [0.15, 0.2) is 72.8 Å². The minimum Gasteiger partial charge on any atom is -0.489 e. The molecule has 0 saturated carbocycles. The molecule has 28 heavy (non-hydrogen) atoms. The van der Waals surface area contributed by atoms with E-state index in [1.807, 2.05) is 36.4 Å². The lowest BCUT2D eigenvalue weighted by Crippen LogP contribution is -2.03. The monoisotopic (exact) mass is 376 g/mol. The average molecular weight is 376 g/mol. The van der Waals surface area contributed by atoms with E-state index in [1.165, 1.54) is 7.11 Å². The average Bonchev–Trinajstić information content (AvgIpc) is 2.76. The molecular formula is C23H20O5. The topological polar surface area (TPSA) is 61.8 Å². The van der Waals surface area contributed by atoms with Crippen LogP contribution in [0.2, 0.25) is 0 Å². The number of hydrogen-bond acceptors (Lipinski definition) is 5. The summed E-state index contributed by atoms with van der Waals surface area (Å²) in [5.41, 5.74) is 2.76. The smallest absolute Gasteiger partial charge is 0.337 e. The van der Waals surface area contributed by atoms with Crippen molar-refractivity contribution >= 4 is 12.3 Å². The van der Waals surface area contributed by atoms with Crippen molar-refractivity contribution in [3.63, 3.8) is 0 Å². The van der Waals surface area contributed by atoms with E-state index in [4.69, 9.17) is 14.2 Å². The lowest BCUT2D eigenvalue weighted by molar-refractivity contribution is 0.0600. The number of ether oxygens (including phenoxy) is 3. The number of carbonyl (C=O) groups is 2. The van der Waals surface area contributed by atoms with Gasteiger partial charge < -0.3 is 14.2 Å². The number of esters is 1. The van der Waals surface area contributed by atoms with E-state index < -0.39 is 5.97 Å². The van der Waals surface area contributed by atoms with Crippen molar-refractivity contribution in [2.24, 2.45) is 0 Å². The van der Waals surface area contributed by atoms with Gasteiger partial charge in [0.25, 0.3) is 0 Å². The standard InChI is InChI=1S/C23H20O5/c1-26-23(25)20-9-5-8-18(10-20)16-28-22-12-19(14-24)11-21(13-22)27-15-17-6-3-2-4-7-17/h2-14H,15-16H2,1H3. The molecule has 3 rings (SSSR count). The lowest BCUT2D eigenvalue weighted by atomic mass is 10.1. The number of rotatable bonds is 8. The van der Waals surface area contributed by atoms with Gasteiger partial charge in [-0.3, -0.25) is 4.79 Å². The third-order valence-corrected chi connectivity index (χ3v) is 4.04. The molecular weight excluding hydrogens is 356 g/mol. The first-order valence-electron chi connectivity index (χ1n) is 8.75. The largest absolute Gasteiger partial charge is 0.489 e. The van der Waals surface area contributed by atoms with E-state index in [0.29, 0.717) is 29.2 Å².